The van der Waals surface area contributed by atoms with Crippen LogP contribution in [0.3, 0.4) is 0 Å². The van der Waals surface area contributed by atoms with E-state index < -0.39 is 0 Å². The van der Waals surface area contributed by atoms with Gasteiger partial charge < -0.3 is 0 Å². The third-order valence-corrected chi connectivity index (χ3v) is 13.6. The van der Waals surface area contributed by atoms with E-state index in [1.807, 2.05) is 0 Å². The molecule has 0 atom stereocenters. The molecule has 0 amide bonds. The van der Waals surface area contributed by atoms with E-state index in [4.69, 9.17) is 0 Å². The second-order valence-corrected chi connectivity index (χ2v) is 17.8. The monoisotopic (exact) mass is 834 g/mol. The molecule has 0 radical (unpaired) electrons. The van der Waals surface area contributed by atoms with Gasteiger partial charge in [-0.05, 0) is 238 Å². The molecule has 0 unspecified atom stereocenters. The highest BCUT2D eigenvalue weighted by Crippen LogP contribution is 2.34. The SMILES string of the molecule is c1ccc2cc3cc4cc5cc6ccccc6cc5cc4cc3cc2c1.c1ccc2cc3cc4cc5ccccc5cc4cc3cc2c1.c1ccc2cc3cc4ccccc4cc3cc2c1. The molecular formula is C66H42. The van der Waals surface area contributed by atoms with Crippen LogP contribution < -0.4 is 0 Å². The van der Waals surface area contributed by atoms with Gasteiger partial charge in [0.05, 0.1) is 0 Å². The van der Waals surface area contributed by atoms with Gasteiger partial charge in [-0.25, -0.2) is 0 Å². The number of hydrogen-bond donors (Lipinski definition) is 0. The molecule has 0 spiro atoms. The highest BCUT2D eigenvalue weighted by molar-refractivity contribution is 6.11. The van der Waals surface area contributed by atoms with Crippen LogP contribution >= 0.6 is 0 Å². The minimum atomic E-state index is 1.30. The number of hydrogen-bond acceptors (Lipinski definition) is 0. The molecule has 0 nitrogen and oxygen atoms in total. The maximum atomic E-state index is 2.33. The number of rotatable bonds is 0. The predicted molar refractivity (Wildman–Crippen MR) is 289 cm³/mol. The summed E-state index contributed by atoms with van der Waals surface area (Å²) in [6.07, 6.45) is 0. The van der Waals surface area contributed by atoms with Gasteiger partial charge in [-0.2, -0.15) is 0 Å². The van der Waals surface area contributed by atoms with Crippen LogP contribution in [0.15, 0.2) is 255 Å². The van der Waals surface area contributed by atoms with Crippen molar-refractivity contribution in [3.8, 4) is 0 Å². The van der Waals surface area contributed by atoms with E-state index in [0.29, 0.717) is 0 Å². The lowest BCUT2D eigenvalue weighted by Gasteiger charge is -2.08. The highest BCUT2D eigenvalue weighted by Gasteiger charge is 2.06. The first kappa shape index (κ1) is 37.9. The van der Waals surface area contributed by atoms with E-state index in [2.05, 4.69) is 255 Å². The largest absolute Gasteiger partial charge is 0.0616 e. The summed E-state index contributed by atoms with van der Waals surface area (Å²) in [5.74, 6) is 0. The third-order valence-electron chi connectivity index (χ3n) is 13.6. The lowest BCUT2D eigenvalue weighted by Crippen LogP contribution is -1.81. The van der Waals surface area contributed by atoms with E-state index in [1.54, 1.807) is 0 Å². The summed E-state index contributed by atoms with van der Waals surface area (Å²) in [5.41, 5.74) is 0. The molecule has 66 heavy (non-hydrogen) atoms. The molecule has 0 saturated heterocycles. The second kappa shape index (κ2) is 15.6. The minimum absolute atomic E-state index is 1.30. The third kappa shape index (κ3) is 6.97. The Kier molecular flexibility index (Phi) is 8.96. The zero-order valence-corrected chi connectivity index (χ0v) is 36.2. The Hall–Kier alpha value is -8.58. The first-order chi connectivity index (χ1) is 32.6. The normalized spacial score (nSPS) is 11.6. The van der Waals surface area contributed by atoms with E-state index in [-0.39, 0.29) is 0 Å². The fraction of sp³-hybridized carbons (Fsp3) is 0. The van der Waals surface area contributed by atoms with Crippen LogP contribution in [-0.2, 0) is 0 Å². The van der Waals surface area contributed by atoms with Gasteiger partial charge in [-0.15, -0.1) is 0 Å². The van der Waals surface area contributed by atoms with Crippen molar-refractivity contribution in [1.82, 2.24) is 0 Å². The predicted octanol–water partition coefficient (Wildman–Crippen LogP) is 18.9. The lowest BCUT2D eigenvalue weighted by atomic mass is 9.96. The van der Waals surface area contributed by atoms with Crippen molar-refractivity contribution in [1.29, 1.82) is 0 Å². The first-order valence-electron chi connectivity index (χ1n) is 22.9. The molecule has 306 valence electrons. The molecule has 15 rings (SSSR count). The summed E-state index contributed by atoms with van der Waals surface area (Å²) < 4.78 is 0. The van der Waals surface area contributed by atoms with Crippen molar-refractivity contribution in [3.05, 3.63) is 255 Å². The Bertz CT molecular complexity index is 3850. The van der Waals surface area contributed by atoms with Crippen molar-refractivity contribution in [2.75, 3.05) is 0 Å². The first-order valence-corrected chi connectivity index (χ1v) is 22.9. The molecule has 0 N–H and O–H groups in total. The molecule has 0 aliphatic carbocycles. The van der Waals surface area contributed by atoms with E-state index >= 15 is 0 Å². The standard InChI is InChI=1S/C26H16.C22H14.C18H12/c1-2-6-18-10-22-14-26-16-24-12-20-8-4-3-7-19(20)11-23(24)15-25(26)13-21(22)9-17(18)5-1;1-2-6-16-10-20-14-22-12-18-8-4-3-7-17(18)11-21(22)13-19(20)9-15(16)5-1;1-2-6-14-10-18-12-16-8-4-3-7-15(16)11-17(18)9-13(14)5-1/h1-16H;1-14H;1-12H. The summed E-state index contributed by atoms with van der Waals surface area (Å²) in [4.78, 5) is 0. The average molecular weight is 835 g/mol. The van der Waals surface area contributed by atoms with Crippen LogP contribution in [0.1, 0.15) is 0 Å². The van der Waals surface area contributed by atoms with Gasteiger partial charge in [0.15, 0.2) is 0 Å². The van der Waals surface area contributed by atoms with Crippen LogP contribution in [-0.4, -0.2) is 0 Å². The molecule has 0 aliphatic rings. The van der Waals surface area contributed by atoms with Gasteiger partial charge in [0, 0.05) is 0 Å². The number of fused-ring (bicyclic) bond motifs is 12. The summed E-state index contributed by atoms with van der Waals surface area (Å²) >= 11 is 0. The molecule has 15 aromatic carbocycles. The molecule has 0 heterocycles. The van der Waals surface area contributed by atoms with Crippen LogP contribution in [0.5, 0.6) is 0 Å². The van der Waals surface area contributed by atoms with Crippen LogP contribution in [0, 0.1) is 0 Å². The average Bonchev–Trinajstić information content (AvgIpc) is 3.35. The fourth-order valence-corrected chi connectivity index (χ4v) is 10.2. The van der Waals surface area contributed by atoms with Crippen molar-refractivity contribution in [3.63, 3.8) is 0 Å². The summed E-state index contributed by atoms with van der Waals surface area (Å²) in [6.45, 7) is 0. The molecule has 0 aromatic heterocycles. The van der Waals surface area contributed by atoms with Gasteiger partial charge >= 0.3 is 0 Å². The Morgan fingerprint density at radius 2 is 0.167 bits per heavy atom. The lowest BCUT2D eigenvalue weighted by molar-refractivity contribution is 1.77. The smallest absolute Gasteiger partial charge is 0.0171 e. The second-order valence-electron chi connectivity index (χ2n) is 17.8. The highest BCUT2D eigenvalue weighted by atomic mass is 14.1. The molecule has 0 fully saturated rings. The van der Waals surface area contributed by atoms with Gasteiger partial charge in [0.1, 0.15) is 0 Å². The summed E-state index contributed by atoms with van der Waals surface area (Å²) in [7, 11) is 0. The molecule has 0 aliphatic heterocycles. The van der Waals surface area contributed by atoms with Crippen LogP contribution in [0.4, 0.5) is 0 Å². The molecule has 0 heteroatoms. The molecule has 0 saturated carbocycles. The van der Waals surface area contributed by atoms with Gasteiger partial charge in [0.25, 0.3) is 0 Å². The van der Waals surface area contributed by atoms with E-state index in [1.165, 1.54) is 129 Å². The van der Waals surface area contributed by atoms with Gasteiger partial charge in [0.2, 0.25) is 0 Å². The van der Waals surface area contributed by atoms with Crippen molar-refractivity contribution in [2.24, 2.45) is 0 Å². The van der Waals surface area contributed by atoms with E-state index in [9.17, 15) is 0 Å². The summed E-state index contributed by atoms with van der Waals surface area (Å²) in [5, 5.41) is 31.3. The van der Waals surface area contributed by atoms with Crippen molar-refractivity contribution >= 4 is 129 Å². The Morgan fingerprint density at radius 3 is 0.258 bits per heavy atom. The molecular weight excluding hydrogens is 793 g/mol. The summed E-state index contributed by atoms with van der Waals surface area (Å²) in [6, 6.07) is 92.7. The number of benzene rings is 15. The zero-order valence-electron chi connectivity index (χ0n) is 36.2. The maximum Gasteiger partial charge on any atom is -0.0171 e. The molecule has 15 aromatic rings. The Morgan fingerprint density at radius 1 is 0.0909 bits per heavy atom. The topological polar surface area (TPSA) is 0 Å². The Balaban J connectivity index is 0.000000100. The van der Waals surface area contributed by atoms with Crippen LogP contribution in [0.2, 0.25) is 0 Å². The van der Waals surface area contributed by atoms with Gasteiger partial charge in [-0.3, -0.25) is 0 Å². The van der Waals surface area contributed by atoms with Crippen molar-refractivity contribution in [2.45, 2.75) is 0 Å². The maximum absolute atomic E-state index is 2.33. The zero-order chi connectivity index (χ0) is 43.6. The fourth-order valence-electron chi connectivity index (χ4n) is 10.2. The van der Waals surface area contributed by atoms with Gasteiger partial charge in [-0.1, -0.05) is 146 Å². The minimum Gasteiger partial charge on any atom is -0.0616 e. The van der Waals surface area contributed by atoms with Crippen molar-refractivity contribution < 1.29 is 0 Å². The quantitative estimate of drug-likeness (QED) is 0.134. The van der Waals surface area contributed by atoms with E-state index in [0.717, 1.165) is 0 Å². The van der Waals surface area contributed by atoms with Crippen LogP contribution in [0.25, 0.3) is 129 Å². The molecule has 0 bridgehead atoms. The Labute approximate surface area is 382 Å².